The van der Waals surface area contributed by atoms with Crippen LogP contribution in [0.5, 0.6) is 0 Å². The number of piperidine rings is 1. The van der Waals surface area contributed by atoms with Crippen LogP contribution in [0.15, 0.2) is 34.4 Å². The van der Waals surface area contributed by atoms with Crippen LogP contribution in [0.25, 0.3) is 10.2 Å². The van der Waals surface area contributed by atoms with Crippen LogP contribution >= 0.6 is 11.3 Å². The van der Waals surface area contributed by atoms with Crippen molar-refractivity contribution in [3.63, 3.8) is 0 Å². The first-order valence-corrected chi connectivity index (χ1v) is 12.5. The summed E-state index contributed by atoms with van der Waals surface area (Å²) in [4.78, 5) is 32.2. The van der Waals surface area contributed by atoms with Gasteiger partial charge >= 0.3 is 6.09 Å². The van der Waals surface area contributed by atoms with E-state index in [0.717, 1.165) is 11.3 Å². The first kappa shape index (κ1) is 25.6. The zero-order valence-electron chi connectivity index (χ0n) is 20.3. The van der Waals surface area contributed by atoms with Crippen LogP contribution < -0.4 is 15.8 Å². The van der Waals surface area contributed by atoms with Crippen LogP contribution in [0, 0.1) is 11.3 Å². The Labute approximate surface area is 211 Å². The van der Waals surface area contributed by atoms with Crippen molar-refractivity contribution in [3.05, 3.63) is 56.7 Å². The third kappa shape index (κ3) is 5.49. The van der Waals surface area contributed by atoms with E-state index in [9.17, 15) is 23.6 Å². The standard InChI is InChI=1S/C25H27F2N5O3S/c1-25(2,3)35-24(34)29-17-9-6-10-31(13-17)23-30-19-18(21(26)27)14-36-20(19)22(33)32(23)12-16-8-5-4-7-15(16)11-28/h4-5,7-8,14,17,21H,6,9-10,12-13H2,1-3H3,(H,29,34)/t17-/m1/s1. The van der Waals surface area contributed by atoms with Crippen molar-refractivity contribution in [3.8, 4) is 6.07 Å². The van der Waals surface area contributed by atoms with Crippen molar-refractivity contribution >= 4 is 33.6 Å². The summed E-state index contributed by atoms with van der Waals surface area (Å²) in [6.07, 6.45) is -1.93. The highest BCUT2D eigenvalue weighted by Crippen LogP contribution is 2.32. The molecule has 2 aromatic heterocycles. The molecule has 1 saturated heterocycles. The highest BCUT2D eigenvalue weighted by molar-refractivity contribution is 7.17. The quantitative estimate of drug-likeness (QED) is 0.524. The lowest BCUT2D eigenvalue weighted by Crippen LogP contribution is -2.50. The van der Waals surface area contributed by atoms with Crippen molar-refractivity contribution in [1.29, 1.82) is 5.26 Å². The van der Waals surface area contributed by atoms with Gasteiger partial charge in [0.05, 0.1) is 29.3 Å². The van der Waals surface area contributed by atoms with Gasteiger partial charge in [-0.3, -0.25) is 9.36 Å². The van der Waals surface area contributed by atoms with Gasteiger partial charge in [0, 0.05) is 24.5 Å². The normalized spacial score (nSPS) is 16.2. The number of rotatable bonds is 5. The van der Waals surface area contributed by atoms with Gasteiger partial charge in [0.25, 0.3) is 12.0 Å². The average Bonchev–Trinajstić information content (AvgIpc) is 3.24. The molecule has 0 aliphatic carbocycles. The molecule has 3 aromatic rings. The number of carbonyl (C=O) groups is 1. The van der Waals surface area contributed by atoms with Crippen LogP contribution in [-0.4, -0.2) is 40.4 Å². The lowest BCUT2D eigenvalue weighted by molar-refractivity contribution is 0.0499. The molecule has 1 aliphatic rings. The minimum absolute atomic E-state index is 0.0120. The highest BCUT2D eigenvalue weighted by atomic mass is 32.1. The molecule has 190 valence electrons. The molecule has 1 atom stereocenters. The number of halogens is 2. The summed E-state index contributed by atoms with van der Waals surface area (Å²) in [5, 5.41) is 13.7. The molecule has 1 fully saturated rings. The molecule has 8 nitrogen and oxygen atoms in total. The number of aromatic nitrogens is 2. The fourth-order valence-electron chi connectivity index (χ4n) is 4.23. The number of hydrogen-bond donors (Lipinski definition) is 1. The van der Waals surface area contributed by atoms with Crippen LogP contribution in [0.3, 0.4) is 0 Å². The highest BCUT2D eigenvalue weighted by Gasteiger charge is 2.29. The molecule has 11 heteroatoms. The van der Waals surface area contributed by atoms with E-state index >= 15 is 0 Å². The molecule has 0 radical (unpaired) electrons. The molecule has 0 saturated carbocycles. The van der Waals surface area contributed by atoms with Gasteiger partial charge in [-0.2, -0.15) is 5.26 Å². The number of carbonyl (C=O) groups excluding carboxylic acids is 1. The maximum atomic E-state index is 13.7. The fraction of sp³-hybridized carbons (Fsp3) is 0.440. The second-order valence-corrected chi connectivity index (χ2v) is 10.6. The number of benzene rings is 1. The Bertz CT molecular complexity index is 1370. The number of anilines is 1. The second kappa shape index (κ2) is 10.2. The largest absolute Gasteiger partial charge is 0.444 e. The predicted octanol–water partition coefficient (Wildman–Crippen LogP) is 4.81. The van der Waals surface area contributed by atoms with Gasteiger partial charge in [0.15, 0.2) is 0 Å². The Hall–Kier alpha value is -3.52. The topological polar surface area (TPSA) is 100 Å². The molecule has 0 spiro atoms. The minimum Gasteiger partial charge on any atom is -0.444 e. The molecule has 4 rings (SSSR count). The second-order valence-electron chi connectivity index (χ2n) is 9.67. The first-order chi connectivity index (χ1) is 17.1. The van der Waals surface area contributed by atoms with Gasteiger partial charge in [-0.25, -0.2) is 18.6 Å². The van der Waals surface area contributed by atoms with Crippen molar-refractivity contribution in [2.24, 2.45) is 0 Å². The maximum Gasteiger partial charge on any atom is 0.407 e. The van der Waals surface area contributed by atoms with Crippen LogP contribution in [-0.2, 0) is 11.3 Å². The fourth-order valence-corrected chi connectivity index (χ4v) is 5.18. The zero-order chi connectivity index (χ0) is 26.0. The van der Waals surface area contributed by atoms with E-state index in [1.165, 1.54) is 9.95 Å². The lowest BCUT2D eigenvalue weighted by atomic mass is 10.1. The van der Waals surface area contributed by atoms with Gasteiger partial charge in [-0.05, 0) is 45.2 Å². The van der Waals surface area contributed by atoms with Gasteiger partial charge < -0.3 is 15.0 Å². The number of ether oxygens (including phenoxy) is 1. The summed E-state index contributed by atoms with van der Waals surface area (Å²) < 4.78 is 34.3. The number of hydrogen-bond acceptors (Lipinski definition) is 7. The third-order valence-electron chi connectivity index (χ3n) is 5.81. The summed E-state index contributed by atoms with van der Waals surface area (Å²) in [7, 11) is 0. The number of thiophene rings is 1. The zero-order valence-corrected chi connectivity index (χ0v) is 21.1. The molecular formula is C25H27F2N5O3S. The number of nitriles is 1. The smallest absolute Gasteiger partial charge is 0.407 e. The van der Waals surface area contributed by atoms with E-state index < -0.39 is 23.7 Å². The lowest BCUT2D eigenvalue weighted by Gasteiger charge is -2.35. The molecular weight excluding hydrogens is 488 g/mol. The molecule has 3 heterocycles. The van der Waals surface area contributed by atoms with E-state index in [4.69, 9.17) is 4.74 Å². The number of nitrogens with zero attached hydrogens (tertiary/aromatic N) is 4. The Morgan fingerprint density at radius 2 is 2.11 bits per heavy atom. The summed E-state index contributed by atoms with van der Waals surface area (Å²) >= 11 is 0.940. The Kier molecular flexibility index (Phi) is 7.26. The minimum atomic E-state index is -2.77. The van der Waals surface area contributed by atoms with E-state index in [1.807, 2.05) is 4.90 Å². The molecule has 0 unspecified atom stereocenters. The molecule has 0 bridgehead atoms. The monoisotopic (exact) mass is 515 g/mol. The van der Waals surface area contributed by atoms with E-state index in [0.29, 0.717) is 37.1 Å². The number of fused-ring (bicyclic) bond motifs is 1. The van der Waals surface area contributed by atoms with Crippen molar-refractivity contribution < 1.29 is 18.3 Å². The van der Waals surface area contributed by atoms with Crippen molar-refractivity contribution in [2.45, 2.75) is 58.2 Å². The van der Waals surface area contributed by atoms with Crippen LogP contribution in [0.2, 0.25) is 0 Å². The maximum absolute atomic E-state index is 13.7. The molecule has 1 amide bonds. The van der Waals surface area contributed by atoms with E-state index in [2.05, 4.69) is 16.4 Å². The first-order valence-electron chi connectivity index (χ1n) is 11.6. The number of alkyl halides is 2. The van der Waals surface area contributed by atoms with Gasteiger partial charge in [0.1, 0.15) is 10.3 Å². The van der Waals surface area contributed by atoms with Gasteiger partial charge in [-0.15, -0.1) is 11.3 Å². The van der Waals surface area contributed by atoms with Gasteiger partial charge in [-0.1, -0.05) is 18.2 Å². The van der Waals surface area contributed by atoms with E-state index in [-0.39, 0.29) is 34.3 Å². The Morgan fingerprint density at radius 1 is 1.36 bits per heavy atom. The summed E-state index contributed by atoms with van der Waals surface area (Å²) in [6, 6.07) is 8.77. The summed E-state index contributed by atoms with van der Waals surface area (Å²) in [5.74, 6) is 0.233. The van der Waals surface area contributed by atoms with Crippen LogP contribution in [0.1, 0.15) is 56.7 Å². The van der Waals surface area contributed by atoms with E-state index in [1.54, 1.807) is 45.0 Å². The van der Waals surface area contributed by atoms with Gasteiger partial charge in [0.2, 0.25) is 5.95 Å². The Morgan fingerprint density at radius 3 is 2.81 bits per heavy atom. The predicted molar refractivity (Wildman–Crippen MR) is 134 cm³/mol. The molecule has 1 aliphatic heterocycles. The summed E-state index contributed by atoms with van der Waals surface area (Å²) in [5.41, 5.74) is -0.347. The van der Waals surface area contributed by atoms with Crippen LogP contribution in [0.4, 0.5) is 19.5 Å². The molecule has 1 N–H and O–H groups in total. The summed E-state index contributed by atoms with van der Waals surface area (Å²) in [6.45, 7) is 6.24. The van der Waals surface area contributed by atoms with Crippen molar-refractivity contribution in [2.75, 3.05) is 18.0 Å². The Balaban J connectivity index is 1.74. The number of nitrogens with one attached hydrogen (secondary N) is 1. The number of alkyl carbamates (subject to hydrolysis) is 1. The average molecular weight is 516 g/mol. The molecule has 36 heavy (non-hydrogen) atoms. The third-order valence-corrected chi connectivity index (χ3v) is 6.79. The van der Waals surface area contributed by atoms with Crippen molar-refractivity contribution in [1.82, 2.24) is 14.9 Å². The SMILES string of the molecule is CC(C)(C)OC(=O)N[C@@H]1CCCN(c2nc3c(C(F)F)csc3c(=O)n2Cc2ccccc2C#N)C1. The molecule has 1 aromatic carbocycles. The number of amides is 1.